The van der Waals surface area contributed by atoms with Crippen LogP contribution in [0.3, 0.4) is 0 Å². The highest BCUT2D eigenvalue weighted by Crippen LogP contribution is 2.10. The Balaban J connectivity index is 2.68. The van der Waals surface area contributed by atoms with Gasteiger partial charge in [0.25, 0.3) is 5.91 Å². The van der Waals surface area contributed by atoms with Gasteiger partial charge in [-0.1, -0.05) is 32.3 Å². The Morgan fingerprint density at radius 2 is 2.05 bits per heavy atom. The van der Waals surface area contributed by atoms with E-state index in [2.05, 4.69) is 12.2 Å². The fourth-order valence-electron chi connectivity index (χ4n) is 1.89. The van der Waals surface area contributed by atoms with E-state index in [1.165, 1.54) is 18.2 Å². The smallest absolute Gasteiger partial charge is 0.251 e. The van der Waals surface area contributed by atoms with Gasteiger partial charge in [-0.15, -0.1) is 0 Å². The van der Waals surface area contributed by atoms with Gasteiger partial charge in [0.1, 0.15) is 0 Å². The number of carbonyl (C=O) groups excluding carboxylic acids is 1. The van der Waals surface area contributed by atoms with E-state index in [1.807, 2.05) is 6.92 Å². The van der Waals surface area contributed by atoms with E-state index in [0.717, 1.165) is 25.7 Å². The van der Waals surface area contributed by atoms with E-state index in [9.17, 15) is 13.2 Å². The molecule has 5 nitrogen and oxygen atoms in total. The number of primary sulfonamides is 1. The van der Waals surface area contributed by atoms with Crippen molar-refractivity contribution in [1.82, 2.24) is 5.32 Å². The predicted molar refractivity (Wildman–Crippen MR) is 78.9 cm³/mol. The Morgan fingerprint density at radius 1 is 1.35 bits per heavy atom. The number of carbonyl (C=O) groups is 1. The molecule has 1 amide bonds. The summed E-state index contributed by atoms with van der Waals surface area (Å²) in [5.41, 5.74) is 0.305. The maximum Gasteiger partial charge on any atom is 0.251 e. The monoisotopic (exact) mass is 298 g/mol. The molecule has 0 saturated carbocycles. The second-order valence-corrected chi connectivity index (χ2v) is 6.50. The first-order valence-corrected chi connectivity index (χ1v) is 8.33. The minimum atomic E-state index is -3.78. The third-order valence-electron chi connectivity index (χ3n) is 3.04. The molecule has 112 valence electrons. The lowest BCUT2D eigenvalue weighted by atomic mass is 10.1. The van der Waals surface area contributed by atoms with Crippen LogP contribution in [0.2, 0.25) is 0 Å². The third-order valence-corrected chi connectivity index (χ3v) is 3.95. The number of nitrogens with two attached hydrogens (primary N) is 1. The summed E-state index contributed by atoms with van der Waals surface area (Å²) in [4.78, 5) is 12.0. The summed E-state index contributed by atoms with van der Waals surface area (Å²) < 4.78 is 22.5. The number of benzene rings is 1. The molecule has 1 atom stereocenters. The average Bonchev–Trinajstić information content (AvgIpc) is 2.38. The number of hydrogen-bond acceptors (Lipinski definition) is 3. The van der Waals surface area contributed by atoms with Gasteiger partial charge in [0.05, 0.1) is 4.90 Å². The van der Waals surface area contributed by atoms with E-state index in [0.29, 0.717) is 5.56 Å². The first kappa shape index (κ1) is 16.7. The van der Waals surface area contributed by atoms with Gasteiger partial charge in [-0.25, -0.2) is 13.6 Å². The Bertz CT molecular complexity index is 555. The SMILES string of the molecule is CCCCCC(C)NC(=O)c1cccc(S(N)(=O)=O)c1. The summed E-state index contributed by atoms with van der Waals surface area (Å²) in [6.07, 6.45) is 4.25. The van der Waals surface area contributed by atoms with Crippen molar-refractivity contribution in [2.45, 2.75) is 50.5 Å². The Labute approximate surface area is 120 Å². The van der Waals surface area contributed by atoms with Gasteiger partial charge in [-0.2, -0.15) is 0 Å². The molecule has 0 fully saturated rings. The molecule has 20 heavy (non-hydrogen) atoms. The lowest BCUT2D eigenvalue weighted by Gasteiger charge is -2.13. The van der Waals surface area contributed by atoms with Crippen LogP contribution in [0, 0.1) is 0 Å². The molecule has 1 aromatic rings. The second kappa shape index (κ2) is 7.40. The van der Waals surface area contributed by atoms with Crippen LogP contribution in [0.1, 0.15) is 49.9 Å². The van der Waals surface area contributed by atoms with Crippen LogP contribution in [-0.4, -0.2) is 20.4 Å². The van der Waals surface area contributed by atoms with E-state index in [4.69, 9.17) is 5.14 Å². The molecule has 1 aromatic carbocycles. The van der Waals surface area contributed by atoms with Crippen molar-refractivity contribution in [1.29, 1.82) is 0 Å². The molecule has 0 saturated heterocycles. The van der Waals surface area contributed by atoms with Gasteiger partial charge in [0.15, 0.2) is 0 Å². The van der Waals surface area contributed by atoms with E-state index >= 15 is 0 Å². The van der Waals surface area contributed by atoms with Gasteiger partial charge < -0.3 is 5.32 Å². The molecule has 3 N–H and O–H groups in total. The maximum absolute atomic E-state index is 12.0. The standard InChI is InChI=1S/C14H22N2O3S/c1-3-4-5-7-11(2)16-14(17)12-8-6-9-13(10-12)20(15,18)19/h6,8-11H,3-5,7H2,1-2H3,(H,16,17)(H2,15,18,19). The van der Waals surface area contributed by atoms with Crippen molar-refractivity contribution in [3.63, 3.8) is 0 Å². The molecule has 0 heterocycles. The minimum Gasteiger partial charge on any atom is -0.350 e. The molecule has 0 aliphatic rings. The molecule has 6 heteroatoms. The summed E-state index contributed by atoms with van der Waals surface area (Å²) in [6, 6.07) is 5.81. The molecule has 0 radical (unpaired) electrons. The van der Waals surface area contributed by atoms with Gasteiger partial charge >= 0.3 is 0 Å². The van der Waals surface area contributed by atoms with Crippen LogP contribution in [0.25, 0.3) is 0 Å². The summed E-state index contributed by atoms with van der Waals surface area (Å²) in [5.74, 6) is -0.278. The zero-order valence-corrected chi connectivity index (χ0v) is 12.7. The first-order valence-electron chi connectivity index (χ1n) is 6.78. The first-order chi connectivity index (χ1) is 9.34. The summed E-state index contributed by atoms with van der Waals surface area (Å²) >= 11 is 0. The second-order valence-electron chi connectivity index (χ2n) is 4.94. The highest BCUT2D eigenvalue weighted by atomic mass is 32.2. The fourth-order valence-corrected chi connectivity index (χ4v) is 2.45. The van der Waals surface area contributed by atoms with Crippen molar-refractivity contribution < 1.29 is 13.2 Å². The number of amides is 1. The third kappa shape index (κ3) is 5.30. The molecule has 1 rings (SSSR count). The maximum atomic E-state index is 12.0. The number of hydrogen-bond donors (Lipinski definition) is 2. The van der Waals surface area contributed by atoms with Crippen LogP contribution in [-0.2, 0) is 10.0 Å². The topological polar surface area (TPSA) is 89.3 Å². The van der Waals surface area contributed by atoms with Gasteiger partial charge in [0, 0.05) is 11.6 Å². The van der Waals surface area contributed by atoms with E-state index in [-0.39, 0.29) is 16.8 Å². The van der Waals surface area contributed by atoms with Crippen LogP contribution in [0.15, 0.2) is 29.2 Å². The molecule has 0 spiro atoms. The number of unbranched alkanes of at least 4 members (excludes halogenated alkanes) is 2. The van der Waals surface area contributed by atoms with Crippen LogP contribution in [0.4, 0.5) is 0 Å². The van der Waals surface area contributed by atoms with Crippen LogP contribution in [0.5, 0.6) is 0 Å². The lowest BCUT2D eigenvalue weighted by molar-refractivity contribution is 0.0937. The van der Waals surface area contributed by atoms with Gasteiger partial charge in [-0.05, 0) is 31.5 Å². The van der Waals surface area contributed by atoms with Crippen LogP contribution >= 0.6 is 0 Å². The normalized spacial score (nSPS) is 12.9. The Morgan fingerprint density at radius 3 is 2.65 bits per heavy atom. The van der Waals surface area contributed by atoms with Gasteiger partial charge in [-0.3, -0.25) is 4.79 Å². The number of nitrogens with one attached hydrogen (secondary N) is 1. The molecular weight excluding hydrogens is 276 g/mol. The molecule has 0 aliphatic heterocycles. The van der Waals surface area contributed by atoms with Gasteiger partial charge in [0.2, 0.25) is 10.0 Å². The fraction of sp³-hybridized carbons (Fsp3) is 0.500. The van der Waals surface area contributed by atoms with Crippen molar-refractivity contribution in [3.8, 4) is 0 Å². The van der Waals surface area contributed by atoms with E-state index in [1.54, 1.807) is 6.07 Å². The quantitative estimate of drug-likeness (QED) is 0.755. The van der Waals surface area contributed by atoms with E-state index < -0.39 is 10.0 Å². The van der Waals surface area contributed by atoms with Crippen molar-refractivity contribution in [2.75, 3.05) is 0 Å². The number of sulfonamides is 1. The Hall–Kier alpha value is -1.40. The zero-order valence-electron chi connectivity index (χ0n) is 11.9. The summed E-state index contributed by atoms with van der Waals surface area (Å²) in [6.45, 7) is 4.07. The number of rotatable bonds is 7. The highest BCUT2D eigenvalue weighted by molar-refractivity contribution is 7.89. The Kier molecular flexibility index (Phi) is 6.16. The lowest BCUT2D eigenvalue weighted by Crippen LogP contribution is -2.32. The molecule has 0 aliphatic carbocycles. The average molecular weight is 298 g/mol. The largest absolute Gasteiger partial charge is 0.350 e. The molecular formula is C14H22N2O3S. The summed E-state index contributed by atoms with van der Waals surface area (Å²) in [5, 5.41) is 7.91. The van der Waals surface area contributed by atoms with Crippen molar-refractivity contribution in [3.05, 3.63) is 29.8 Å². The summed E-state index contributed by atoms with van der Waals surface area (Å²) in [7, 11) is -3.78. The zero-order chi connectivity index (χ0) is 15.2. The molecule has 0 aromatic heterocycles. The molecule has 0 bridgehead atoms. The van der Waals surface area contributed by atoms with Crippen molar-refractivity contribution >= 4 is 15.9 Å². The minimum absolute atomic E-state index is 0.0520. The highest BCUT2D eigenvalue weighted by Gasteiger charge is 2.13. The van der Waals surface area contributed by atoms with Crippen molar-refractivity contribution in [2.24, 2.45) is 5.14 Å². The molecule has 1 unspecified atom stereocenters. The van der Waals surface area contributed by atoms with Crippen LogP contribution < -0.4 is 10.5 Å². The predicted octanol–water partition coefficient (Wildman–Crippen LogP) is 2.03.